The van der Waals surface area contributed by atoms with Gasteiger partial charge in [0, 0.05) is 0 Å². The van der Waals surface area contributed by atoms with Crippen molar-refractivity contribution in [3.8, 4) is 0 Å². The summed E-state index contributed by atoms with van der Waals surface area (Å²) in [5.41, 5.74) is 0. The van der Waals surface area contributed by atoms with E-state index in [1.54, 1.807) is 6.20 Å². The zero-order valence-corrected chi connectivity index (χ0v) is 12.3. The van der Waals surface area contributed by atoms with Crippen LogP contribution in [0.1, 0.15) is 44.4 Å². The topological polar surface area (TPSA) is 89.0 Å². The highest BCUT2D eigenvalue weighted by Crippen LogP contribution is 2.17. The van der Waals surface area contributed by atoms with Gasteiger partial charge in [-0.3, -0.25) is 0 Å². The zero-order chi connectivity index (χ0) is 14.5. The molecule has 7 nitrogen and oxygen atoms in total. The van der Waals surface area contributed by atoms with Gasteiger partial charge >= 0.3 is 6.01 Å². The third-order valence-electron chi connectivity index (χ3n) is 2.65. The van der Waals surface area contributed by atoms with E-state index >= 15 is 0 Å². The Kier molecular flexibility index (Phi) is 4.73. The van der Waals surface area contributed by atoms with Crippen LogP contribution in [0.5, 0.6) is 0 Å². The van der Waals surface area contributed by atoms with Crippen molar-refractivity contribution in [2.24, 2.45) is 5.92 Å². The third kappa shape index (κ3) is 4.06. The van der Waals surface area contributed by atoms with Crippen LogP contribution in [-0.4, -0.2) is 21.7 Å². The maximum Gasteiger partial charge on any atom is 0.316 e. The molecule has 7 heteroatoms. The Morgan fingerprint density at radius 2 is 2.00 bits per heavy atom. The first-order valence-corrected chi connectivity index (χ1v) is 6.76. The van der Waals surface area contributed by atoms with E-state index in [0.717, 1.165) is 12.3 Å². The second-order valence-electron chi connectivity index (χ2n) is 5.20. The molecule has 20 heavy (non-hydrogen) atoms. The van der Waals surface area contributed by atoms with Gasteiger partial charge in [-0.05, 0) is 26.3 Å². The molecule has 2 aromatic heterocycles. The number of hydrogen-bond acceptors (Lipinski definition) is 7. The van der Waals surface area contributed by atoms with Crippen LogP contribution in [-0.2, 0) is 6.54 Å². The van der Waals surface area contributed by atoms with Gasteiger partial charge in [0.25, 0.3) is 0 Å². The summed E-state index contributed by atoms with van der Waals surface area (Å²) in [7, 11) is 0. The van der Waals surface area contributed by atoms with Crippen molar-refractivity contribution in [3.63, 3.8) is 0 Å². The number of oxazole rings is 1. The van der Waals surface area contributed by atoms with Gasteiger partial charge in [0.05, 0.1) is 12.7 Å². The molecular formula is C13H21N5O2. The normalized spacial score (nSPS) is 12.8. The first-order chi connectivity index (χ1) is 9.54. The monoisotopic (exact) mass is 279 g/mol. The zero-order valence-electron chi connectivity index (χ0n) is 12.3. The quantitative estimate of drug-likeness (QED) is 0.803. The Bertz CT molecular complexity index is 534. The molecule has 0 spiro atoms. The molecule has 0 saturated carbocycles. The van der Waals surface area contributed by atoms with Crippen molar-refractivity contribution in [3.05, 3.63) is 23.7 Å². The number of anilines is 1. The smallest absolute Gasteiger partial charge is 0.316 e. The van der Waals surface area contributed by atoms with Gasteiger partial charge in [0.2, 0.25) is 11.8 Å². The number of nitrogens with one attached hydrogen (secondary N) is 2. The summed E-state index contributed by atoms with van der Waals surface area (Å²) in [5.74, 6) is 2.52. The summed E-state index contributed by atoms with van der Waals surface area (Å²) in [5, 5.41) is 14.2. The predicted octanol–water partition coefficient (Wildman–Crippen LogP) is 2.28. The van der Waals surface area contributed by atoms with E-state index in [1.807, 2.05) is 13.8 Å². The Hall–Kier alpha value is -1.89. The number of hydrogen-bond donors (Lipinski definition) is 2. The maximum absolute atomic E-state index is 5.50. The highest BCUT2D eigenvalue weighted by molar-refractivity contribution is 5.21. The van der Waals surface area contributed by atoms with E-state index in [0.29, 0.717) is 30.3 Å². The summed E-state index contributed by atoms with van der Waals surface area (Å²) in [6, 6.07) is 0.246. The number of nitrogens with zero attached hydrogens (tertiary/aromatic N) is 3. The molecule has 0 aliphatic rings. The first-order valence-electron chi connectivity index (χ1n) is 6.76. The maximum atomic E-state index is 5.50. The number of aryl methyl sites for hydroxylation is 1. The standard InChI is InChI=1S/C13H21N5O2/c1-8(2)5-14-7-11-17-18-13(20-11)16-10(4)12-15-6-9(3)19-12/h6,8,10,14H,5,7H2,1-4H3,(H,16,18). The molecule has 2 N–H and O–H groups in total. The molecule has 0 saturated heterocycles. The van der Waals surface area contributed by atoms with Crippen molar-refractivity contribution in [1.82, 2.24) is 20.5 Å². The van der Waals surface area contributed by atoms with E-state index in [-0.39, 0.29) is 6.04 Å². The molecular weight excluding hydrogens is 258 g/mol. The lowest BCUT2D eigenvalue weighted by Crippen LogP contribution is -2.19. The highest BCUT2D eigenvalue weighted by Gasteiger charge is 2.14. The lowest BCUT2D eigenvalue weighted by molar-refractivity contribution is 0.435. The van der Waals surface area contributed by atoms with Crippen LogP contribution in [0.15, 0.2) is 15.0 Å². The average molecular weight is 279 g/mol. The van der Waals surface area contributed by atoms with Crippen molar-refractivity contribution in [2.75, 3.05) is 11.9 Å². The minimum atomic E-state index is -0.124. The molecule has 0 fully saturated rings. The van der Waals surface area contributed by atoms with E-state index in [2.05, 4.69) is 39.7 Å². The first kappa shape index (κ1) is 14.5. The molecule has 0 amide bonds. The largest absolute Gasteiger partial charge is 0.444 e. The minimum absolute atomic E-state index is 0.124. The SMILES string of the molecule is Cc1cnc(C(C)Nc2nnc(CNCC(C)C)o2)o1. The second-order valence-corrected chi connectivity index (χ2v) is 5.20. The van der Waals surface area contributed by atoms with Crippen LogP contribution in [0.3, 0.4) is 0 Å². The molecule has 110 valence electrons. The van der Waals surface area contributed by atoms with Gasteiger partial charge in [-0.2, -0.15) is 0 Å². The molecule has 2 heterocycles. The van der Waals surface area contributed by atoms with Crippen LogP contribution in [0.2, 0.25) is 0 Å². The molecule has 2 aromatic rings. The molecule has 0 radical (unpaired) electrons. The lowest BCUT2D eigenvalue weighted by Gasteiger charge is -2.07. The molecule has 0 aromatic carbocycles. The fourth-order valence-corrected chi connectivity index (χ4v) is 1.67. The van der Waals surface area contributed by atoms with Gasteiger partial charge in [0.15, 0.2) is 0 Å². The van der Waals surface area contributed by atoms with Gasteiger partial charge < -0.3 is 19.5 Å². The summed E-state index contributed by atoms with van der Waals surface area (Å²) in [4.78, 5) is 4.16. The van der Waals surface area contributed by atoms with Crippen LogP contribution in [0.25, 0.3) is 0 Å². The van der Waals surface area contributed by atoms with Gasteiger partial charge in [-0.15, -0.1) is 5.10 Å². The summed E-state index contributed by atoms with van der Waals surface area (Å²) in [6.45, 7) is 9.55. The fourth-order valence-electron chi connectivity index (χ4n) is 1.67. The lowest BCUT2D eigenvalue weighted by atomic mass is 10.2. The van der Waals surface area contributed by atoms with Crippen molar-refractivity contribution >= 4 is 6.01 Å². The molecule has 1 unspecified atom stereocenters. The average Bonchev–Trinajstić information content (AvgIpc) is 2.98. The van der Waals surface area contributed by atoms with Crippen LogP contribution in [0, 0.1) is 12.8 Å². The van der Waals surface area contributed by atoms with Gasteiger partial charge in [-0.1, -0.05) is 18.9 Å². The highest BCUT2D eigenvalue weighted by atomic mass is 16.4. The van der Waals surface area contributed by atoms with Crippen molar-refractivity contribution in [2.45, 2.75) is 40.3 Å². The van der Waals surface area contributed by atoms with Gasteiger partial charge in [0.1, 0.15) is 11.8 Å². The summed E-state index contributed by atoms with van der Waals surface area (Å²) in [6.07, 6.45) is 1.68. The molecule has 2 rings (SSSR count). The van der Waals surface area contributed by atoms with Crippen LogP contribution < -0.4 is 10.6 Å². The Morgan fingerprint density at radius 3 is 2.65 bits per heavy atom. The Morgan fingerprint density at radius 1 is 1.20 bits per heavy atom. The van der Waals surface area contributed by atoms with E-state index in [1.165, 1.54) is 0 Å². The summed E-state index contributed by atoms with van der Waals surface area (Å²) < 4.78 is 10.9. The molecule has 0 bridgehead atoms. The van der Waals surface area contributed by atoms with E-state index < -0.39 is 0 Å². The van der Waals surface area contributed by atoms with Crippen molar-refractivity contribution < 1.29 is 8.83 Å². The Balaban J connectivity index is 1.86. The number of rotatable bonds is 7. The molecule has 1 atom stereocenters. The minimum Gasteiger partial charge on any atom is -0.444 e. The molecule has 0 aliphatic heterocycles. The van der Waals surface area contributed by atoms with E-state index in [9.17, 15) is 0 Å². The number of aromatic nitrogens is 3. The van der Waals surface area contributed by atoms with Crippen LogP contribution in [0.4, 0.5) is 6.01 Å². The molecule has 0 aliphatic carbocycles. The van der Waals surface area contributed by atoms with Crippen LogP contribution >= 0.6 is 0 Å². The Labute approximate surface area is 118 Å². The fraction of sp³-hybridized carbons (Fsp3) is 0.615. The second kappa shape index (κ2) is 6.51. The predicted molar refractivity (Wildman–Crippen MR) is 74.1 cm³/mol. The van der Waals surface area contributed by atoms with Crippen molar-refractivity contribution in [1.29, 1.82) is 0 Å². The third-order valence-corrected chi connectivity index (χ3v) is 2.65. The van der Waals surface area contributed by atoms with E-state index in [4.69, 9.17) is 8.83 Å². The summed E-state index contributed by atoms with van der Waals surface area (Å²) >= 11 is 0. The van der Waals surface area contributed by atoms with Gasteiger partial charge in [-0.25, -0.2) is 4.98 Å².